The van der Waals surface area contributed by atoms with Gasteiger partial charge in [0.15, 0.2) is 0 Å². The second-order valence-electron chi connectivity index (χ2n) is 6.62. The largest absolute Gasteiger partial charge is 0.494 e. The number of rotatable bonds is 9. The van der Waals surface area contributed by atoms with Gasteiger partial charge in [0.2, 0.25) is 0 Å². The summed E-state index contributed by atoms with van der Waals surface area (Å²) in [5, 5.41) is 3.04. The van der Waals surface area contributed by atoms with Gasteiger partial charge < -0.3 is 19.2 Å². The highest BCUT2D eigenvalue weighted by molar-refractivity contribution is 5.94. The van der Waals surface area contributed by atoms with Crippen LogP contribution < -0.4 is 10.1 Å². The number of nitrogens with one attached hydrogen (secondary N) is 1. The van der Waals surface area contributed by atoms with E-state index in [0.717, 1.165) is 37.4 Å². The topological polar surface area (TPSA) is 63.9 Å². The Morgan fingerprint density at radius 3 is 2.85 bits per heavy atom. The van der Waals surface area contributed by atoms with Gasteiger partial charge >= 0.3 is 0 Å². The van der Waals surface area contributed by atoms with Crippen LogP contribution in [0.25, 0.3) is 0 Å². The summed E-state index contributed by atoms with van der Waals surface area (Å²) >= 11 is 0. The van der Waals surface area contributed by atoms with Gasteiger partial charge in [-0.05, 0) is 36.8 Å². The molecule has 1 aromatic heterocycles. The van der Waals surface area contributed by atoms with E-state index in [2.05, 4.69) is 17.1 Å². The van der Waals surface area contributed by atoms with Gasteiger partial charge in [-0.3, -0.25) is 9.69 Å². The first kappa shape index (κ1) is 19.5. The number of unbranched alkanes of at least 4 members (excludes halogenated alkanes) is 1. The molecular formula is C21H28N2O4. The van der Waals surface area contributed by atoms with Crippen molar-refractivity contribution in [3.63, 3.8) is 0 Å². The minimum atomic E-state index is -0.110. The number of carbonyl (C=O) groups excluding carboxylic acids is 1. The Hall–Kier alpha value is -2.31. The molecule has 2 heterocycles. The third-order valence-electron chi connectivity index (χ3n) is 4.68. The van der Waals surface area contributed by atoms with Gasteiger partial charge in [0, 0.05) is 25.2 Å². The van der Waals surface area contributed by atoms with Crippen LogP contribution in [0.15, 0.2) is 47.1 Å². The van der Waals surface area contributed by atoms with Crippen molar-refractivity contribution >= 4 is 5.91 Å². The second kappa shape index (κ2) is 10.1. The number of benzene rings is 1. The summed E-state index contributed by atoms with van der Waals surface area (Å²) in [6.07, 6.45) is 3.75. The molecule has 1 fully saturated rings. The number of ether oxygens (including phenoxy) is 2. The van der Waals surface area contributed by atoms with Crippen LogP contribution in [0.3, 0.4) is 0 Å². The maximum Gasteiger partial charge on any atom is 0.251 e. The Morgan fingerprint density at radius 1 is 1.26 bits per heavy atom. The zero-order chi connectivity index (χ0) is 18.9. The number of hydrogen-bond donors (Lipinski definition) is 1. The molecule has 0 radical (unpaired) electrons. The molecule has 0 saturated carbocycles. The summed E-state index contributed by atoms with van der Waals surface area (Å²) in [6.45, 7) is 6.30. The second-order valence-corrected chi connectivity index (χ2v) is 6.62. The molecule has 0 aliphatic carbocycles. The fourth-order valence-corrected chi connectivity index (χ4v) is 3.13. The first-order valence-electron chi connectivity index (χ1n) is 9.64. The third kappa shape index (κ3) is 5.58. The van der Waals surface area contributed by atoms with Crippen LogP contribution in [0.5, 0.6) is 5.75 Å². The SMILES string of the molecule is CCCCOc1cccc(C(=O)NCC(c2ccco2)N2CCOCC2)c1. The van der Waals surface area contributed by atoms with E-state index in [1.165, 1.54) is 0 Å². The van der Waals surface area contributed by atoms with Crippen LogP contribution in [0.4, 0.5) is 0 Å². The highest BCUT2D eigenvalue weighted by Crippen LogP contribution is 2.22. The van der Waals surface area contributed by atoms with E-state index < -0.39 is 0 Å². The number of furan rings is 1. The van der Waals surface area contributed by atoms with Gasteiger partial charge in [-0.15, -0.1) is 0 Å². The average Bonchev–Trinajstić information content (AvgIpc) is 3.24. The fourth-order valence-electron chi connectivity index (χ4n) is 3.13. The van der Waals surface area contributed by atoms with E-state index in [4.69, 9.17) is 13.9 Å². The molecule has 0 spiro atoms. The fraction of sp³-hybridized carbons (Fsp3) is 0.476. The Balaban J connectivity index is 1.61. The Kier molecular flexibility index (Phi) is 7.30. The van der Waals surface area contributed by atoms with Gasteiger partial charge in [-0.25, -0.2) is 0 Å². The maximum atomic E-state index is 12.6. The minimum Gasteiger partial charge on any atom is -0.494 e. The lowest BCUT2D eigenvalue weighted by atomic mass is 10.1. The van der Waals surface area contributed by atoms with E-state index in [-0.39, 0.29) is 11.9 Å². The number of hydrogen-bond acceptors (Lipinski definition) is 5. The standard InChI is InChI=1S/C21H28N2O4/c1-2-3-11-26-18-7-4-6-17(15-18)21(24)22-16-19(20-8-5-12-27-20)23-9-13-25-14-10-23/h4-8,12,15,19H,2-3,9-11,13-14,16H2,1H3,(H,22,24). The molecule has 1 aliphatic rings. The molecule has 6 nitrogen and oxygen atoms in total. The molecule has 27 heavy (non-hydrogen) atoms. The highest BCUT2D eigenvalue weighted by Gasteiger charge is 2.25. The number of amides is 1. The zero-order valence-corrected chi connectivity index (χ0v) is 15.9. The van der Waals surface area contributed by atoms with Crippen LogP contribution in [0.2, 0.25) is 0 Å². The van der Waals surface area contributed by atoms with Crippen molar-refractivity contribution in [1.82, 2.24) is 10.2 Å². The van der Waals surface area contributed by atoms with E-state index in [9.17, 15) is 4.79 Å². The molecule has 6 heteroatoms. The molecule has 1 unspecified atom stereocenters. The number of carbonyl (C=O) groups is 1. The molecule has 1 aromatic carbocycles. The zero-order valence-electron chi connectivity index (χ0n) is 15.9. The van der Waals surface area contributed by atoms with Gasteiger partial charge in [-0.1, -0.05) is 19.4 Å². The van der Waals surface area contributed by atoms with Gasteiger partial charge in [0.05, 0.1) is 32.1 Å². The van der Waals surface area contributed by atoms with Crippen molar-refractivity contribution in [3.8, 4) is 5.75 Å². The Morgan fingerprint density at radius 2 is 2.11 bits per heavy atom. The molecule has 1 N–H and O–H groups in total. The summed E-state index contributed by atoms with van der Waals surface area (Å²) in [4.78, 5) is 14.9. The quantitative estimate of drug-likeness (QED) is 0.685. The minimum absolute atomic E-state index is 0.00293. The molecule has 146 valence electrons. The van der Waals surface area contributed by atoms with Crippen LogP contribution in [0, 0.1) is 0 Å². The molecule has 0 bridgehead atoms. The smallest absolute Gasteiger partial charge is 0.251 e. The summed E-state index contributed by atoms with van der Waals surface area (Å²) in [6, 6.07) is 11.2. The van der Waals surface area contributed by atoms with Gasteiger partial charge in [0.1, 0.15) is 11.5 Å². The van der Waals surface area contributed by atoms with Gasteiger partial charge in [-0.2, -0.15) is 0 Å². The van der Waals surface area contributed by atoms with Crippen molar-refractivity contribution in [3.05, 3.63) is 54.0 Å². The molecule has 1 atom stereocenters. The summed E-state index contributed by atoms with van der Waals surface area (Å²) in [7, 11) is 0. The number of nitrogens with zero attached hydrogens (tertiary/aromatic N) is 1. The maximum absolute atomic E-state index is 12.6. The monoisotopic (exact) mass is 372 g/mol. The Labute approximate surface area is 160 Å². The van der Waals surface area contributed by atoms with E-state index >= 15 is 0 Å². The van der Waals surface area contributed by atoms with Crippen LogP contribution in [-0.4, -0.2) is 50.3 Å². The van der Waals surface area contributed by atoms with Crippen molar-refractivity contribution in [1.29, 1.82) is 0 Å². The molecular weight excluding hydrogens is 344 g/mol. The van der Waals surface area contributed by atoms with E-state index in [0.29, 0.717) is 31.9 Å². The predicted octanol–water partition coefficient (Wildman–Crippen LogP) is 3.26. The van der Waals surface area contributed by atoms with Crippen molar-refractivity contribution in [2.24, 2.45) is 0 Å². The van der Waals surface area contributed by atoms with E-state index in [1.54, 1.807) is 18.4 Å². The van der Waals surface area contributed by atoms with Crippen LogP contribution in [0.1, 0.15) is 41.9 Å². The molecule has 1 amide bonds. The summed E-state index contributed by atoms with van der Waals surface area (Å²) < 4.78 is 16.7. The first-order chi connectivity index (χ1) is 13.3. The predicted molar refractivity (Wildman–Crippen MR) is 103 cm³/mol. The molecule has 1 saturated heterocycles. The van der Waals surface area contributed by atoms with Gasteiger partial charge in [0.25, 0.3) is 5.91 Å². The average molecular weight is 372 g/mol. The lowest BCUT2D eigenvalue weighted by Crippen LogP contribution is -2.43. The number of morpholine rings is 1. The molecule has 2 aromatic rings. The highest BCUT2D eigenvalue weighted by atomic mass is 16.5. The van der Waals surface area contributed by atoms with Crippen LogP contribution in [-0.2, 0) is 4.74 Å². The Bertz CT molecular complexity index is 696. The molecule has 1 aliphatic heterocycles. The summed E-state index contributed by atoms with van der Waals surface area (Å²) in [5.74, 6) is 1.47. The molecule has 3 rings (SSSR count). The lowest BCUT2D eigenvalue weighted by Gasteiger charge is -2.33. The van der Waals surface area contributed by atoms with Crippen molar-refractivity contribution in [2.45, 2.75) is 25.8 Å². The normalized spacial score (nSPS) is 16.0. The lowest BCUT2D eigenvalue weighted by molar-refractivity contribution is 0.0118. The third-order valence-corrected chi connectivity index (χ3v) is 4.68. The first-order valence-corrected chi connectivity index (χ1v) is 9.64. The summed E-state index contributed by atoms with van der Waals surface area (Å²) in [5.41, 5.74) is 0.601. The van der Waals surface area contributed by atoms with Crippen LogP contribution >= 0.6 is 0 Å². The van der Waals surface area contributed by atoms with E-state index in [1.807, 2.05) is 24.3 Å². The van der Waals surface area contributed by atoms with Crippen molar-refractivity contribution < 1.29 is 18.7 Å². The van der Waals surface area contributed by atoms with Crippen molar-refractivity contribution in [2.75, 3.05) is 39.5 Å².